The van der Waals surface area contributed by atoms with E-state index in [-0.39, 0.29) is 17.6 Å². The number of benzene rings is 1. The highest BCUT2D eigenvalue weighted by Gasteiger charge is 2.28. The van der Waals surface area contributed by atoms with Crippen LogP contribution in [-0.2, 0) is 19.1 Å². The van der Waals surface area contributed by atoms with Crippen LogP contribution in [0.25, 0.3) is 0 Å². The van der Waals surface area contributed by atoms with E-state index in [1.54, 1.807) is 6.92 Å². The van der Waals surface area contributed by atoms with Crippen LogP contribution in [0.2, 0.25) is 0 Å². The largest absolute Gasteiger partial charge is 0.459 e. The molecule has 0 aliphatic rings. The summed E-state index contributed by atoms with van der Waals surface area (Å²) in [5, 5.41) is 3.29. The van der Waals surface area contributed by atoms with Crippen molar-refractivity contribution in [2.45, 2.75) is 38.6 Å². The predicted molar refractivity (Wildman–Crippen MR) is 80.6 cm³/mol. The zero-order chi connectivity index (χ0) is 15.1. The first kappa shape index (κ1) is 16.2. The Balaban J connectivity index is 2.75. The average Bonchev–Trinajstić information content (AvgIpc) is 2.35. The number of ether oxygens (including phenoxy) is 2. The lowest BCUT2D eigenvalue weighted by molar-refractivity contribution is -0.163. The third-order valence-corrected chi connectivity index (χ3v) is 3.72. The summed E-state index contributed by atoms with van der Waals surface area (Å²) < 4.78 is 10.4. The topological polar surface area (TPSA) is 64.6 Å². The lowest BCUT2D eigenvalue weighted by atomic mass is 10.2. The van der Waals surface area contributed by atoms with Gasteiger partial charge in [-0.05, 0) is 19.1 Å². The Morgan fingerprint density at radius 3 is 2.15 bits per heavy atom. The molecule has 0 bridgehead atoms. The van der Waals surface area contributed by atoms with Crippen molar-refractivity contribution in [2.75, 3.05) is 5.32 Å². The summed E-state index contributed by atoms with van der Waals surface area (Å²) >= 11 is 0. The van der Waals surface area contributed by atoms with Gasteiger partial charge in [-0.1, -0.05) is 18.2 Å². The van der Waals surface area contributed by atoms with Crippen molar-refractivity contribution >= 4 is 27.9 Å². The highest BCUT2D eigenvalue weighted by molar-refractivity contribution is 6.13. The van der Waals surface area contributed by atoms with Crippen LogP contribution >= 0.6 is 0 Å². The van der Waals surface area contributed by atoms with Crippen molar-refractivity contribution in [1.82, 2.24) is 0 Å². The third kappa shape index (κ3) is 5.44. The maximum Gasteiger partial charge on any atom is 0.303 e. The van der Waals surface area contributed by atoms with Crippen LogP contribution < -0.4 is 5.32 Å². The molecule has 1 aromatic rings. The molecule has 0 aliphatic heterocycles. The number of carbonyl (C=O) groups is 2. The fraction of sp³-hybridized carbons (Fsp3) is 0.429. The number of rotatable bonds is 6. The van der Waals surface area contributed by atoms with Gasteiger partial charge in [-0.2, -0.15) is 0 Å². The Morgan fingerprint density at radius 1 is 1.10 bits per heavy atom. The van der Waals surface area contributed by atoms with E-state index in [1.807, 2.05) is 30.3 Å². The third-order valence-electron chi connectivity index (χ3n) is 2.78. The van der Waals surface area contributed by atoms with Gasteiger partial charge in [0.25, 0.3) is 0 Å². The summed E-state index contributed by atoms with van der Waals surface area (Å²) in [6.45, 7) is 4.42. The quantitative estimate of drug-likeness (QED) is 0.617. The zero-order valence-electron chi connectivity index (χ0n) is 12.3. The molecule has 0 heterocycles. The van der Waals surface area contributed by atoms with E-state index in [4.69, 9.17) is 9.47 Å². The molecule has 1 rings (SSSR count). The molecule has 1 aromatic carbocycles. The van der Waals surface area contributed by atoms with E-state index in [9.17, 15) is 9.59 Å². The van der Waals surface area contributed by atoms with Crippen LogP contribution in [0.5, 0.6) is 0 Å². The second-order valence-electron chi connectivity index (χ2n) is 4.69. The molecule has 0 saturated heterocycles. The van der Waals surface area contributed by atoms with Crippen LogP contribution in [-0.4, -0.2) is 40.1 Å². The molecule has 0 spiro atoms. The number of hydrogen-bond acceptors (Lipinski definition) is 5. The minimum atomic E-state index is -0.497. The minimum Gasteiger partial charge on any atom is -0.459 e. The van der Waals surface area contributed by atoms with Crippen molar-refractivity contribution in [1.29, 1.82) is 0 Å². The average molecular weight is 295 g/mol. The SMILES string of the molecule is CC(=O)OC(C)C(OC(C)=O)C([SiH3])Nc1ccccc1. The van der Waals surface area contributed by atoms with Crippen molar-refractivity contribution in [3.05, 3.63) is 30.3 Å². The molecule has 0 amide bonds. The summed E-state index contributed by atoms with van der Waals surface area (Å²) in [7, 11) is 0.731. The summed E-state index contributed by atoms with van der Waals surface area (Å²) in [6.07, 6.45) is -0.988. The molecule has 5 nitrogen and oxygen atoms in total. The Hall–Kier alpha value is -1.82. The fourth-order valence-electron chi connectivity index (χ4n) is 2.00. The normalized spacial score (nSPS) is 14.9. The van der Waals surface area contributed by atoms with Crippen LogP contribution in [0, 0.1) is 0 Å². The zero-order valence-corrected chi connectivity index (χ0v) is 14.3. The number of esters is 2. The van der Waals surface area contributed by atoms with E-state index in [0.29, 0.717) is 0 Å². The van der Waals surface area contributed by atoms with E-state index < -0.39 is 12.2 Å². The van der Waals surface area contributed by atoms with Crippen molar-refractivity contribution in [3.63, 3.8) is 0 Å². The second kappa shape index (κ2) is 7.69. The van der Waals surface area contributed by atoms with Gasteiger partial charge in [0.1, 0.15) is 6.10 Å². The monoisotopic (exact) mass is 295 g/mol. The number of hydrogen-bond donors (Lipinski definition) is 1. The van der Waals surface area contributed by atoms with E-state index in [2.05, 4.69) is 5.32 Å². The summed E-state index contributed by atoms with van der Waals surface area (Å²) in [6, 6.07) is 9.65. The lowest BCUT2D eigenvalue weighted by Crippen LogP contribution is -2.45. The van der Waals surface area contributed by atoms with Crippen molar-refractivity contribution in [2.24, 2.45) is 0 Å². The molecule has 3 atom stereocenters. The first-order valence-corrected chi connectivity index (χ1v) is 7.71. The lowest BCUT2D eigenvalue weighted by Gasteiger charge is -2.29. The van der Waals surface area contributed by atoms with Crippen molar-refractivity contribution in [3.8, 4) is 0 Å². The van der Waals surface area contributed by atoms with E-state index in [1.165, 1.54) is 13.8 Å². The highest BCUT2D eigenvalue weighted by atomic mass is 28.1. The minimum absolute atomic E-state index is 0.0596. The first-order valence-electron chi connectivity index (χ1n) is 6.56. The Bertz CT molecular complexity index is 452. The van der Waals surface area contributed by atoms with Gasteiger partial charge in [0.2, 0.25) is 0 Å². The fourth-order valence-corrected chi connectivity index (χ4v) is 3.02. The maximum atomic E-state index is 11.2. The number of para-hydroxylation sites is 1. The molecule has 110 valence electrons. The van der Waals surface area contributed by atoms with Gasteiger partial charge in [-0.3, -0.25) is 9.59 Å². The molecule has 0 fully saturated rings. The standard InChI is InChI=1S/C14H21NO4Si/c1-9(18-10(2)16)13(19-11(3)17)14(20)15-12-7-5-4-6-8-12/h4-9,13-15H,1-3,20H3. The van der Waals surface area contributed by atoms with Gasteiger partial charge in [-0.25, -0.2) is 0 Å². The van der Waals surface area contributed by atoms with Gasteiger partial charge >= 0.3 is 11.9 Å². The maximum absolute atomic E-state index is 11.2. The number of nitrogens with one attached hydrogen (secondary N) is 1. The Labute approximate surface area is 122 Å². The smallest absolute Gasteiger partial charge is 0.303 e. The first-order chi connectivity index (χ1) is 9.40. The number of carbonyl (C=O) groups excluding carboxylic acids is 2. The van der Waals surface area contributed by atoms with Crippen LogP contribution in [0.4, 0.5) is 5.69 Å². The Morgan fingerprint density at radius 2 is 1.65 bits per heavy atom. The van der Waals surface area contributed by atoms with Gasteiger partial charge < -0.3 is 14.8 Å². The van der Waals surface area contributed by atoms with Gasteiger partial charge in [0, 0.05) is 35.4 Å². The highest BCUT2D eigenvalue weighted by Crippen LogP contribution is 2.14. The summed E-state index contributed by atoms with van der Waals surface area (Å²) in [5.74, 6) is -0.770. The molecule has 6 heteroatoms. The van der Waals surface area contributed by atoms with Crippen molar-refractivity contribution < 1.29 is 19.1 Å². The van der Waals surface area contributed by atoms with E-state index >= 15 is 0 Å². The van der Waals surface area contributed by atoms with Crippen LogP contribution in [0.1, 0.15) is 20.8 Å². The molecular weight excluding hydrogens is 274 g/mol. The van der Waals surface area contributed by atoms with Gasteiger partial charge in [-0.15, -0.1) is 0 Å². The molecule has 3 unspecified atom stereocenters. The molecule has 20 heavy (non-hydrogen) atoms. The number of anilines is 1. The molecule has 0 aromatic heterocycles. The summed E-state index contributed by atoms with van der Waals surface area (Å²) in [5.41, 5.74) is 0.885. The van der Waals surface area contributed by atoms with Crippen LogP contribution in [0.15, 0.2) is 30.3 Å². The second-order valence-corrected chi connectivity index (χ2v) is 5.93. The molecular formula is C14H21NO4Si. The molecule has 1 N–H and O–H groups in total. The van der Waals surface area contributed by atoms with Gasteiger partial charge in [0.05, 0.1) is 0 Å². The van der Waals surface area contributed by atoms with Gasteiger partial charge in [0.15, 0.2) is 6.10 Å². The summed E-state index contributed by atoms with van der Waals surface area (Å²) in [4.78, 5) is 22.3. The molecule has 0 aliphatic carbocycles. The Kier molecular flexibility index (Phi) is 6.24. The van der Waals surface area contributed by atoms with Crippen LogP contribution in [0.3, 0.4) is 0 Å². The predicted octanol–water partition coefficient (Wildman–Crippen LogP) is 0.673. The molecule has 0 saturated carbocycles. The van der Waals surface area contributed by atoms with E-state index in [0.717, 1.165) is 15.9 Å². The molecule has 0 radical (unpaired) electrons.